The first-order valence-corrected chi connectivity index (χ1v) is 10.4. The van der Waals surface area contributed by atoms with Gasteiger partial charge in [-0.25, -0.2) is 0 Å². The molecule has 2 aliphatic heterocycles. The number of methoxy groups -OCH3 is 1. The molecule has 3 rings (SSSR count). The van der Waals surface area contributed by atoms with Crippen molar-refractivity contribution in [3.8, 4) is 0 Å². The van der Waals surface area contributed by atoms with Crippen LogP contribution in [-0.2, 0) is 11.3 Å². The van der Waals surface area contributed by atoms with Gasteiger partial charge >= 0.3 is 0 Å². The molecule has 2 saturated heterocycles. The zero-order valence-electron chi connectivity index (χ0n) is 16.7. The number of hydrogen-bond acceptors (Lipinski definition) is 5. The molecule has 1 aromatic heterocycles. The molecule has 0 unspecified atom stereocenters. The van der Waals surface area contributed by atoms with Gasteiger partial charge < -0.3 is 9.64 Å². The fraction of sp³-hybridized carbons (Fsp3) is 0.850. The van der Waals surface area contributed by atoms with E-state index < -0.39 is 0 Å². The van der Waals surface area contributed by atoms with E-state index in [-0.39, 0.29) is 0 Å². The van der Waals surface area contributed by atoms with E-state index in [1.165, 1.54) is 70.6 Å². The minimum absolute atomic E-state index is 0.727. The number of rotatable bonds is 10. The molecule has 6 nitrogen and oxygen atoms in total. The summed E-state index contributed by atoms with van der Waals surface area (Å²) >= 11 is 0. The molecule has 26 heavy (non-hydrogen) atoms. The summed E-state index contributed by atoms with van der Waals surface area (Å²) in [5.74, 6) is 0.813. The van der Waals surface area contributed by atoms with Crippen molar-refractivity contribution in [1.29, 1.82) is 0 Å². The first kappa shape index (κ1) is 19.8. The number of piperidine rings is 1. The highest BCUT2D eigenvalue weighted by atomic mass is 16.5. The summed E-state index contributed by atoms with van der Waals surface area (Å²) in [4.78, 5) is 7.89. The van der Waals surface area contributed by atoms with Crippen LogP contribution in [0.15, 0.2) is 12.3 Å². The smallest absolute Gasteiger partial charge is 0.0589 e. The summed E-state index contributed by atoms with van der Waals surface area (Å²) in [5.41, 5.74) is 1.24. The highest BCUT2D eigenvalue weighted by Gasteiger charge is 2.27. The minimum atomic E-state index is 0.727. The Morgan fingerprint density at radius 2 is 2.08 bits per heavy atom. The summed E-state index contributed by atoms with van der Waals surface area (Å²) in [6.07, 6.45) is 7.20. The Morgan fingerprint density at radius 1 is 1.23 bits per heavy atom. The van der Waals surface area contributed by atoms with E-state index in [9.17, 15) is 0 Å². The van der Waals surface area contributed by atoms with Crippen LogP contribution in [-0.4, -0.2) is 90.5 Å². The lowest BCUT2D eigenvalue weighted by Gasteiger charge is -2.36. The first-order valence-electron chi connectivity index (χ1n) is 10.4. The van der Waals surface area contributed by atoms with Gasteiger partial charge in [0.05, 0.1) is 6.61 Å². The van der Waals surface area contributed by atoms with Gasteiger partial charge in [0.2, 0.25) is 0 Å². The van der Waals surface area contributed by atoms with E-state index in [2.05, 4.69) is 37.9 Å². The monoisotopic (exact) mass is 363 g/mol. The summed E-state index contributed by atoms with van der Waals surface area (Å²) in [5, 5.41) is 7.30. The molecule has 1 aromatic rings. The zero-order valence-corrected chi connectivity index (χ0v) is 16.7. The van der Waals surface area contributed by atoms with Gasteiger partial charge in [0.1, 0.15) is 0 Å². The number of nitrogens with zero attached hydrogens (tertiary/aromatic N) is 4. The maximum absolute atomic E-state index is 5.23. The molecule has 2 fully saturated rings. The van der Waals surface area contributed by atoms with Crippen molar-refractivity contribution >= 4 is 0 Å². The second-order valence-electron chi connectivity index (χ2n) is 7.98. The normalized spacial score (nSPS) is 23.3. The van der Waals surface area contributed by atoms with E-state index >= 15 is 0 Å². The molecule has 0 spiro atoms. The standard InChI is InChI=1S/C20H37N5O/c1-3-25-10-4-5-20(25)17-24(16-19-6-9-21-22-19)15-18-7-11-23(12-8-18)13-14-26-2/h6,9,18,20H,3-5,7-8,10-17H2,1-2H3,(H,21,22)/t20-/m1/s1. The van der Waals surface area contributed by atoms with Crippen molar-refractivity contribution in [3.63, 3.8) is 0 Å². The quantitative estimate of drug-likeness (QED) is 0.689. The Balaban J connectivity index is 1.52. The Morgan fingerprint density at radius 3 is 2.77 bits per heavy atom. The molecule has 0 aromatic carbocycles. The van der Waals surface area contributed by atoms with Gasteiger partial charge in [-0.1, -0.05) is 6.92 Å². The topological polar surface area (TPSA) is 47.6 Å². The van der Waals surface area contributed by atoms with Crippen LogP contribution in [0.5, 0.6) is 0 Å². The molecule has 6 heteroatoms. The molecule has 148 valence electrons. The third-order valence-corrected chi connectivity index (χ3v) is 6.16. The second kappa shape index (κ2) is 10.4. The Hall–Kier alpha value is -0.950. The highest BCUT2D eigenvalue weighted by molar-refractivity contribution is 4.98. The molecule has 0 radical (unpaired) electrons. The Labute approximate surface area is 158 Å². The minimum Gasteiger partial charge on any atom is -0.383 e. The van der Waals surface area contributed by atoms with E-state index in [1.807, 2.05) is 6.20 Å². The van der Waals surface area contributed by atoms with Crippen molar-refractivity contribution in [2.45, 2.75) is 45.2 Å². The fourth-order valence-electron chi connectivity index (χ4n) is 4.61. The average molecular weight is 364 g/mol. The molecule has 2 aliphatic rings. The number of ether oxygens (including phenoxy) is 1. The number of likely N-dealkylation sites (N-methyl/N-ethyl adjacent to an activating group) is 1. The van der Waals surface area contributed by atoms with E-state index in [1.54, 1.807) is 7.11 Å². The SMILES string of the molecule is CCN1CCC[C@@H]1CN(Cc1ccn[nH]1)CC1CCN(CCOC)CC1. The van der Waals surface area contributed by atoms with Crippen LogP contribution in [0.25, 0.3) is 0 Å². The number of H-pyrrole nitrogens is 1. The van der Waals surface area contributed by atoms with Gasteiger partial charge in [-0.2, -0.15) is 5.10 Å². The first-order chi connectivity index (χ1) is 12.8. The molecule has 0 amide bonds. The second-order valence-corrected chi connectivity index (χ2v) is 7.98. The summed E-state index contributed by atoms with van der Waals surface area (Å²) < 4.78 is 5.23. The van der Waals surface area contributed by atoms with Crippen molar-refractivity contribution in [2.24, 2.45) is 5.92 Å². The van der Waals surface area contributed by atoms with E-state index in [0.29, 0.717) is 0 Å². The van der Waals surface area contributed by atoms with Crippen LogP contribution in [0.2, 0.25) is 0 Å². The molecule has 1 N–H and O–H groups in total. The average Bonchev–Trinajstić information content (AvgIpc) is 3.33. The number of nitrogens with one attached hydrogen (secondary N) is 1. The molecular formula is C20H37N5O. The van der Waals surface area contributed by atoms with Gasteiger partial charge in [-0.15, -0.1) is 0 Å². The van der Waals surface area contributed by atoms with Crippen molar-refractivity contribution in [1.82, 2.24) is 24.9 Å². The summed E-state index contributed by atoms with van der Waals surface area (Å²) in [6, 6.07) is 2.84. The van der Waals surface area contributed by atoms with Gasteiger partial charge in [0.15, 0.2) is 0 Å². The predicted molar refractivity (Wildman–Crippen MR) is 105 cm³/mol. The highest BCUT2D eigenvalue weighted by Crippen LogP contribution is 2.22. The number of aromatic nitrogens is 2. The number of hydrogen-bond donors (Lipinski definition) is 1. The lowest BCUT2D eigenvalue weighted by Crippen LogP contribution is -2.44. The van der Waals surface area contributed by atoms with E-state index in [4.69, 9.17) is 4.74 Å². The van der Waals surface area contributed by atoms with Crippen LogP contribution in [0.4, 0.5) is 0 Å². The maximum atomic E-state index is 5.23. The third-order valence-electron chi connectivity index (χ3n) is 6.16. The van der Waals surface area contributed by atoms with Gasteiger partial charge in [0, 0.05) is 51.2 Å². The van der Waals surface area contributed by atoms with Gasteiger partial charge in [0.25, 0.3) is 0 Å². The molecule has 3 heterocycles. The predicted octanol–water partition coefficient (Wildman–Crippen LogP) is 2.05. The Kier molecular flexibility index (Phi) is 7.92. The maximum Gasteiger partial charge on any atom is 0.0589 e. The molecule has 1 atom stereocenters. The summed E-state index contributed by atoms with van der Waals surface area (Å²) in [6.45, 7) is 12.5. The molecule has 0 saturated carbocycles. The third kappa shape index (κ3) is 5.78. The Bertz CT molecular complexity index is 486. The number of aromatic amines is 1. The lowest BCUT2D eigenvalue weighted by atomic mass is 9.95. The van der Waals surface area contributed by atoms with Crippen LogP contribution in [0, 0.1) is 5.92 Å². The van der Waals surface area contributed by atoms with Crippen LogP contribution >= 0.6 is 0 Å². The molecular weight excluding hydrogens is 326 g/mol. The van der Waals surface area contributed by atoms with Crippen LogP contribution in [0.1, 0.15) is 38.3 Å². The largest absolute Gasteiger partial charge is 0.383 e. The number of likely N-dealkylation sites (tertiary alicyclic amines) is 2. The molecule has 0 bridgehead atoms. The van der Waals surface area contributed by atoms with Crippen molar-refractivity contribution < 1.29 is 4.74 Å². The van der Waals surface area contributed by atoms with Crippen LogP contribution in [0.3, 0.4) is 0 Å². The van der Waals surface area contributed by atoms with E-state index in [0.717, 1.165) is 31.7 Å². The van der Waals surface area contributed by atoms with Crippen molar-refractivity contribution in [2.75, 3.05) is 59.5 Å². The van der Waals surface area contributed by atoms with Gasteiger partial charge in [-0.05, 0) is 63.8 Å². The van der Waals surface area contributed by atoms with Crippen LogP contribution < -0.4 is 0 Å². The molecule has 0 aliphatic carbocycles. The van der Waals surface area contributed by atoms with Crippen molar-refractivity contribution in [3.05, 3.63) is 18.0 Å². The fourth-order valence-corrected chi connectivity index (χ4v) is 4.61. The lowest BCUT2D eigenvalue weighted by molar-refractivity contribution is 0.0960. The summed E-state index contributed by atoms with van der Waals surface area (Å²) in [7, 11) is 1.79. The zero-order chi connectivity index (χ0) is 18.2. The van der Waals surface area contributed by atoms with Gasteiger partial charge in [-0.3, -0.25) is 14.9 Å².